The zero-order chi connectivity index (χ0) is 24.1. The maximum absolute atomic E-state index is 12.8. The number of aliphatic hydroxyl groups is 2. The lowest BCUT2D eigenvalue weighted by atomic mass is 9.42. The Labute approximate surface area is 201 Å². The number of rotatable bonds is 5. The largest absolute Gasteiger partial charge is 0.465 e. The Kier molecular flexibility index (Phi) is 6.53. The van der Waals surface area contributed by atoms with Gasteiger partial charge in [-0.3, -0.25) is 9.59 Å². The summed E-state index contributed by atoms with van der Waals surface area (Å²) in [5.74, 6) is -0.165. The van der Waals surface area contributed by atoms with E-state index in [1.54, 1.807) is 0 Å². The molecule has 0 aromatic carbocycles. The minimum Gasteiger partial charge on any atom is -0.465 e. The van der Waals surface area contributed by atoms with E-state index >= 15 is 0 Å². The van der Waals surface area contributed by atoms with Gasteiger partial charge in [-0.15, -0.1) is 0 Å². The lowest BCUT2D eigenvalue weighted by Crippen LogP contribution is -2.64. The van der Waals surface area contributed by atoms with Gasteiger partial charge in [0.2, 0.25) is 0 Å². The van der Waals surface area contributed by atoms with Crippen LogP contribution in [0.25, 0.3) is 0 Å². The van der Waals surface area contributed by atoms with Crippen molar-refractivity contribution in [1.82, 2.24) is 5.32 Å². The molecule has 0 aromatic rings. The number of hydrogen-bond donors (Lipinski definition) is 3. The average Bonchev–Trinajstić information content (AvgIpc) is 3.44. The van der Waals surface area contributed by atoms with Crippen molar-refractivity contribution >= 4 is 17.5 Å². The second-order valence-corrected chi connectivity index (χ2v) is 11.7. The van der Waals surface area contributed by atoms with Crippen LogP contribution in [0.15, 0.2) is 5.16 Å². The number of carbonyl (C=O) groups is 2. The van der Waals surface area contributed by atoms with E-state index in [2.05, 4.69) is 17.4 Å². The maximum atomic E-state index is 12.8. The third-order valence-electron chi connectivity index (χ3n) is 10.3. The van der Waals surface area contributed by atoms with Crippen LogP contribution in [-0.4, -0.2) is 66.2 Å². The molecule has 0 spiro atoms. The Bertz CT molecular complexity index is 841. The lowest BCUT2D eigenvalue weighted by Gasteiger charge is -2.63. The van der Waals surface area contributed by atoms with Crippen molar-refractivity contribution in [2.45, 2.75) is 77.4 Å². The van der Waals surface area contributed by atoms with Crippen LogP contribution in [-0.2, 0) is 19.2 Å². The van der Waals surface area contributed by atoms with Gasteiger partial charge >= 0.3 is 5.97 Å². The van der Waals surface area contributed by atoms with Crippen molar-refractivity contribution in [3.05, 3.63) is 0 Å². The van der Waals surface area contributed by atoms with Gasteiger partial charge < -0.3 is 25.1 Å². The summed E-state index contributed by atoms with van der Waals surface area (Å²) in [6, 6.07) is 0. The first-order valence-corrected chi connectivity index (χ1v) is 13.2. The van der Waals surface area contributed by atoms with E-state index in [0.29, 0.717) is 25.2 Å². The predicted octanol–water partition coefficient (Wildman–Crippen LogP) is 2.07. The van der Waals surface area contributed by atoms with Crippen molar-refractivity contribution in [2.75, 3.05) is 26.3 Å². The minimum atomic E-state index is -0.680. The van der Waals surface area contributed by atoms with Gasteiger partial charge in [-0.05, 0) is 68.7 Å². The topological polar surface area (TPSA) is 117 Å². The van der Waals surface area contributed by atoms with Gasteiger partial charge in [0.05, 0.1) is 18.4 Å². The highest BCUT2D eigenvalue weighted by Gasteiger charge is 2.66. The predicted molar refractivity (Wildman–Crippen MR) is 125 cm³/mol. The standard InChI is InChI=1S/C26H40N2O6/c1-15(30)33-14-26-9-5-16(28-34-17-7-10-27-12-17)11-21(26)18(13-29)24(32)23-19-3-4-22(31)25(19,2)8-6-20(23)26/h17-21,23-24,27,29,32H,3-14H2,1-2H3/b28-16-. The molecular weight excluding hydrogens is 436 g/mol. The number of aliphatic hydroxyl groups excluding tert-OH is 2. The molecule has 1 saturated heterocycles. The average molecular weight is 477 g/mol. The molecule has 0 amide bonds. The van der Waals surface area contributed by atoms with Crippen LogP contribution >= 0.6 is 0 Å². The highest BCUT2D eigenvalue weighted by atomic mass is 16.6. The van der Waals surface area contributed by atoms with E-state index in [1.165, 1.54) is 6.92 Å². The monoisotopic (exact) mass is 476 g/mol. The van der Waals surface area contributed by atoms with Crippen molar-refractivity contribution in [1.29, 1.82) is 0 Å². The molecular formula is C26H40N2O6. The van der Waals surface area contributed by atoms with Crippen LogP contribution in [0.3, 0.4) is 0 Å². The molecule has 0 aromatic heterocycles. The number of nitrogens with zero attached hydrogens (tertiary/aromatic N) is 1. The quantitative estimate of drug-likeness (QED) is 0.411. The van der Waals surface area contributed by atoms with Crippen LogP contribution in [0.4, 0.5) is 0 Å². The molecule has 4 aliphatic carbocycles. The molecule has 5 aliphatic rings. The highest BCUT2D eigenvalue weighted by Crippen LogP contribution is 2.66. The number of nitrogens with one attached hydrogen (secondary N) is 1. The van der Waals surface area contributed by atoms with Gasteiger partial charge in [0.15, 0.2) is 0 Å². The van der Waals surface area contributed by atoms with E-state index < -0.39 is 6.10 Å². The number of ether oxygens (including phenoxy) is 1. The van der Waals surface area contributed by atoms with Crippen molar-refractivity contribution in [3.8, 4) is 0 Å². The summed E-state index contributed by atoms with van der Waals surface area (Å²) in [6.07, 6.45) is 5.57. The Morgan fingerprint density at radius 1 is 1.18 bits per heavy atom. The van der Waals surface area contributed by atoms with E-state index in [4.69, 9.17) is 9.57 Å². The summed E-state index contributed by atoms with van der Waals surface area (Å²) in [4.78, 5) is 30.6. The Balaban J connectivity index is 1.48. The molecule has 1 heterocycles. The Morgan fingerprint density at radius 2 is 2.00 bits per heavy atom. The highest BCUT2D eigenvalue weighted by molar-refractivity contribution is 5.87. The molecule has 5 rings (SSSR count). The van der Waals surface area contributed by atoms with Gasteiger partial charge in [-0.25, -0.2) is 0 Å². The number of hydrogen-bond acceptors (Lipinski definition) is 8. The van der Waals surface area contributed by atoms with E-state index in [1.807, 2.05) is 0 Å². The molecule has 34 heavy (non-hydrogen) atoms. The van der Waals surface area contributed by atoms with Gasteiger partial charge in [0.25, 0.3) is 0 Å². The summed E-state index contributed by atoms with van der Waals surface area (Å²) >= 11 is 0. The number of Topliss-reactive ketones (excluding diaryl/α,β-unsaturated/α-hetero) is 1. The molecule has 5 fully saturated rings. The molecule has 0 bridgehead atoms. The first-order chi connectivity index (χ1) is 16.3. The van der Waals surface area contributed by atoms with Gasteiger partial charge in [-0.2, -0.15) is 0 Å². The Hall–Kier alpha value is -1.51. The first kappa shape index (κ1) is 24.2. The van der Waals surface area contributed by atoms with Gasteiger partial charge in [0.1, 0.15) is 11.9 Å². The number of esters is 1. The van der Waals surface area contributed by atoms with Gasteiger partial charge in [-0.1, -0.05) is 12.1 Å². The number of ketones is 1. The third kappa shape index (κ3) is 3.80. The molecule has 0 radical (unpaired) electrons. The summed E-state index contributed by atoms with van der Waals surface area (Å²) in [5.41, 5.74) is 0.252. The fourth-order valence-electron chi connectivity index (χ4n) is 8.51. The minimum absolute atomic E-state index is 0.0487. The van der Waals surface area contributed by atoms with Crippen molar-refractivity contribution < 1.29 is 29.4 Å². The molecule has 8 nitrogen and oxygen atoms in total. The molecule has 190 valence electrons. The number of fused-ring (bicyclic) bond motifs is 5. The number of carbonyl (C=O) groups excluding carboxylic acids is 2. The van der Waals surface area contributed by atoms with Crippen LogP contribution in [0.2, 0.25) is 0 Å². The van der Waals surface area contributed by atoms with E-state index in [-0.39, 0.29) is 59.1 Å². The van der Waals surface area contributed by atoms with Gasteiger partial charge in [0, 0.05) is 49.7 Å². The second kappa shape index (κ2) is 9.17. The first-order valence-electron chi connectivity index (χ1n) is 13.2. The van der Waals surface area contributed by atoms with Crippen LogP contribution in [0.5, 0.6) is 0 Å². The summed E-state index contributed by atoms with van der Waals surface area (Å²) in [5, 5.41) is 30.0. The normalized spacial score (nSPS) is 47.1. The molecule has 9 atom stereocenters. The van der Waals surface area contributed by atoms with Crippen LogP contribution < -0.4 is 5.32 Å². The zero-order valence-corrected chi connectivity index (χ0v) is 20.5. The molecule has 4 saturated carbocycles. The molecule has 8 heteroatoms. The maximum Gasteiger partial charge on any atom is 0.302 e. The third-order valence-corrected chi connectivity index (χ3v) is 10.3. The van der Waals surface area contributed by atoms with Crippen LogP contribution in [0, 0.1) is 40.4 Å². The SMILES string of the molecule is CC(=O)OCC12CC/C(=N/OC3CCNC3)CC1C(CO)C(O)C1C3CCC(=O)C3(C)CCC12. The summed E-state index contributed by atoms with van der Waals surface area (Å²) < 4.78 is 5.70. The second-order valence-electron chi connectivity index (χ2n) is 11.7. The summed E-state index contributed by atoms with van der Waals surface area (Å²) in [6.45, 7) is 5.43. The van der Waals surface area contributed by atoms with E-state index in [9.17, 15) is 19.8 Å². The lowest BCUT2D eigenvalue weighted by molar-refractivity contribution is -0.210. The fourth-order valence-corrected chi connectivity index (χ4v) is 8.51. The number of oxime groups is 1. The summed E-state index contributed by atoms with van der Waals surface area (Å²) in [7, 11) is 0. The van der Waals surface area contributed by atoms with Crippen LogP contribution in [0.1, 0.15) is 65.2 Å². The van der Waals surface area contributed by atoms with Crippen molar-refractivity contribution in [3.63, 3.8) is 0 Å². The Morgan fingerprint density at radius 3 is 2.71 bits per heavy atom. The smallest absolute Gasteiger partial charge is 0.302 e. The zero-order valence-electron chi connectivity index (χ0n) is 20.5. The molecule has 1 aliphatic heterocycles. The molecule has 3 N–H and O–H groups in total. The van der Waals surface area contributed by atoms with E-state index in [0.717, 1.165) is 57.3 Å². The fraction of sp³-hybridized carbons (Fsp3) is 0.885. The van der Waals surface area contributed by atoms with Crippen molar-refractivity contribution in [2.24, 2.45) is 45.6 Å². The molecule has 9 unspecified atom stereocenters.